The number of carbonyl (C=O) groups excluding carboxylic acids is 1. The molecule has 3 rings (SSSR count). The summed E-state index contributed by atoms with van der Waals surface area (Å²) in [5.74, 6) is 1.83. The normalized spacial score (nSPS) is 18.8. The number of carbonyl (C=O) groups is 1. The first-order valence-electron chi connectivity index (χ1n) is 9.41. The zero-order chi connectivity index (χ0) is 19.1. The van der Waals surface area contributed by atoms with Crippen LogP contribution in [0.25, 0.3) is 6.08 Å². The molecule has 1 N–H and O–H groups in total. The molecular formula is C23H26NO3Y-. The third-order valence-corrected chi connectivity index (χ3v) is 4.54. The van der Waals surface area contributed by atoms with E-state index in [1.165, 1.54) is 0 Å². The molecule has 0 spiro atoms. The van der Waals surface area contributed by atoms with Gasteiger partial charge in [-0.25, -0.2) is 0 Å². The molecule has 1 heterocycles. The van der Waals surface area contributed by atoms with Crippen molar-refractivity contribution in [1.82, 2.24) is 5.32 Å². The fourth-order valence-electron chi connectivity index (χ4n) is 3.15. The van der Waals surface area contributed by atoms with Crippen LogP contribution in [0.2, 0.25) is 0 Å². The molecule has 28 heavy (non-hydrogen) atoms. The Balaban J connectivity index is 0.00000280. The van der Waals surface area contributed by atoms with Crippen molar-refractivity contribution >= 4 is 12.0 Å². The molecule has 0 bridgehead atoms. The largest absolute Gasteiger partial charge is 0.493 e. The first-order chi connectivity index (χ1) is 13.1. The standard InChI is InChI=1S/C23H26NO3.Y/c1-17(2)27-21-13-11-20(12-14-21)26-16-19-15-24-23(25)22(19)10-6-9-18-7-4-3-5-8-18;/h3-4,6-9,11-14,17,19,22H,10,15-16H2,1-2H3,(H,24,25);/q-1;/b9-6-;/t19-,22-;/m1./s1. The van der Waals surface area contributed by atoms with Crippen molar-refractivity contribution in [3.63, 3.8) is 0 Å². The zero-order valence-corrected chi connectivity index (χ0v) is 19.3. The van der Waals surface area contributed by atoms with Gasteiger partial charge in [-0.1, -0.05) is 6.08 Å². The summed E-state index contributed by atoms with van der Waals surface area (Å²) < 4.78 is 11.6. The van der Waals surface area contributed by atoms with Gasteiger partial charge in [0.2, 0.25) is 5.91 Å². The van der Waals surface area contributed by atoms with E-state index in [0.29, 0.717) is 19.6 Å². The summed E-state index contributed by atoms with van der Waals surface area (Å²) in [6.07, 6.45) is 4.95. The summed E-state index contributed by atoms with van der Waals surface area (Å²) in [4.78, 5) is 12.2. The van der Waals surface area contributed by atoms with Crippen LogP contribution in [-0.2, 0) is 37.5 Å². The molecule has 5 heteroatoms. The maximum atomic E-state index is 12.2. The van der Waals surface area contributed by atoms with Crippen molar-refractivity contribution in [2.75, 3.05) is 13.2 Å². The second kappa shape index (κ2) is 11.4. The van der Waals surface area contributed by atoms with E-state index < -0.39 is 0 Å². The Morgan fingerprint density at radius 1 is 1.21 bits per heavy atom. The van der Waals surface area contributed by atoms with Gasteiger partial charge in [0.05, 0.1) is 12.7 Å². The van der Waals surface area contributed by atoms with E-state index in [1.807, 2.05) is 68.5 Å². The van der Waals surface area contributed by atoms with E-state index >= 15 is 0 Å². The molecule has 0 aliphatic carbocycles. The maximum Gasteiger partial charge on any atom is 0.223 e. The predicted octanol–water partition coefficient (Wildman–Crippen LogP) is 4.12. The SMILES string of the molecule is CC(C)Oc1ccc(OC[C@H]2CNC(=O)[C@@H]2C/C=C\c2c[c-]ccc2)cc1.[Y]. The van der Waals surface area contributed by atoms with E-state index in [9.17, 15) is 4.79 Å². The van der Waals surface area contributed by atoms with Crippen molar-refractivity contribution in [3.8, 4) is 11.5 Å². The average molecular weight is 453 g/mol. The van der Waals surface area contributed by atoms with Crippen molar-refractivity contribution in [2.45, 2.75) is 26.4 Å². The third kappa shape index (κ3) is 6.75. The topological polar surface area (TPSA) is 47.6 Å². The minimum atomic E-state index is -0.0579. The Morgan fingerprint density at radius 2 is 1.96 bits per heavy atom. The van der Waals surface area contributed by atoms with Gasteiger partial charge in [-0.3, -0.25) is 4.79 Å². The number of hydrogen-bond acceptors (Lipinski definition) is 3. The van der Waals surface area contributed by atoms with Gasteiger partial charge in [0.15, 0.2) is 0 Å². The molecule has 0 unspecified atom stereocenters. The van der Waals surface area contributed by atoms with E-state index in [0.717, 1.165) is 17.1 Å². The van der Waals surface area contributed by atoms with Crippen LogP contribution in [0.5, 0.6) is 11.5 Å². The van der Waals surface area contributed by atoms with Crippen LogP contribution < -0.4 is 14.8 Å². The van der Waals surface area contributed by atoms with Crippen LogP contribution in [0.4, 0.5) is 0 Å². The molecule has 0 aromatic heterocycles. The Hall–Kier alpha value is -1.65. The van der Waals surface area contributed by atoms with Crippen LogP contribution in [0.1, 0.15) is 25.8 Å². The molecule has 1 radical (unpaired) electrons. The molecule has 1 aliphatic heterocycles. The smallest absolute Gasteiger partial charge is 0.223 e. The molecular weight excluding hydrogens is 427 g/mol. The van der Waals surface area contributed by atoms with Crippen LogP contribution in [0.3, 0.4) is 0 Å². The van der Waals surface area contributed by atoms with Crippen LogP contribution in [-0.4, -0.2) is 25.2 Å². The van der Waals surface area contributed by atoms with Crippen molar-refractivity contribution in [3.05, 3.63) is 66.2 Å². The molecule has 0 saturated carbocycles. The summed E-state index contributed by atoms with van der Waals surface area (Å²) in [7, 11) is 0. The fourth-order valence-corrected chi connectivity index (χ4v) is 3.15. The second-order valence-electron chi connectivity index (χ2n) is 7.04. The van der Waals surface area contributed by atoms with E-state index in [-0.39, 0.29) is 56.6 Å². The van der Waals surface area contributed by atoms with Gasteiger partial charge in [-0.05, 0) is 44.5 Å². The van der Waals surface area contributed by atoms with Gasteiger partial charge >= 0.3 is 0 Å². The number of rotatable bonds is 8. The molecule has 145 valence electrons. The Morgan fingerprint density at radius 3 is 2.64 bits per heavy atom. The molecule has 2 aromatic carbocycles. The number of allylic oxidation sites excluding steroid dienone is 1. The zero-order valence-electron chi connectivity index (χ0n) is 16.4. The third-order valence-electron chi connectivity index (χ3n) is 4.54. The van der Waals surface area contributed by atoms with Crippen molar-refractivity contribution in [1.29, 1.82) is 0 Å². The van der Waals surface area contributed by atoms with Gasteiger partial charge in [0.1, 0.15) is 11.5 Å². The van der Waals surface area contributed by atoms with E-state index in [4.69, 9.17) is 9.47 Å². The minimum Gasteiger partial charge on any atom is -0.493 e. The molecule has 1 fully saturated rings. The second-order valence-corrected chi connectivity index (χ2v) is 7.04. The molecule has 1 amide bonds. The van der Waals surface area contributed by atoms with Gasteiger partial charge in [-0.2, -0.15) is 30.3 Å². The first kappa shape index (κ1) is 22.6. The number of ether oxygens (including phenoxy) is 2. The maximum absolute atomic E-state index is 12.2. The number of hydrogen-bond donors (Lipinski definition) is 1. The molecule has 4 nitrogen and oxygen atoms in total. The van der Waals surface area contributed by atoms with Gasteiger partial charge < -0.3 is 14.8 Å². The molecule has 1 aliphatic rings. The molecule has 2 atom stereocenters. The quantitative estimate of drug-likeness (QED) is 0.612. The Bertz CT molecular complexity index is 759. The summed E-state index contributed by atoms with van der Waals surface area (Å²) in [5.41, 5.74) is 1.09. The minimum absolute atomic E-state index is 0. The fraction of sp³-hybridized carbons (Fsp3) is 0.348. The average Bonchev–Trinajstić information content (AvgIpc) is 3.02. The van der Waals surface area contributed by atoms with Gasteiger partial charge in [0, 0.05) is 51.1 Å². The Kier molecular flexibility index (Phi) is 9.20. The number of benzene rings is 2. The van der Waals surface area contributed by atoms with E-state index in [1.54, 1.807) is 0 Å². The van der Waals surface area contributed by atoms with Crippen LogP contribution in [0.15, 0.2) is 54.6 Å². The van der Waals surface area contributed by atoms with Crippen LogP contribution >= 0.6 is 0 Å². The first-order valence-corrected chi connectivity index (χ1v) is 9.41. The van der Waals surface area contributed by atoms with Crippen molar-refractivity contribution < 1.29 is 47.0 Å². The van der Waals surface area contributed by atoms with Gasteiger partial charge in [0.25, 0.3) is 0 Å². The molecule has 2 aromatic rings. The Labute approximate surface area is 192 Å². The monoisotopic (exact) mass is 453 g/mol. The van der Waals surface area contributed by atoms with Crippen molar-refractivity contribution in [2.24, 2.45) is 11.8 Å². The summed E-state index contributed by atoms with van der Waals surface area (Å²) >= 11 is 0. The number of amides is 1. The van der Waals surface area contributed by atoms with Gasteiger partial charge in [-0.15, -0.1) is 11.6 Å². The van der Waals surface area contributed by atoms with Crippen LogP contribution in [0, 0.1) is 17.9 Å². The summed E-state index contributed by atoms with van der Waals surface area (Å²) in [5, 5.41) is 2.96. The predicted molar refractivity (Wildman–Crippen MR) is 107 cm³/mol. The molecule has 1 saturated heterocycles. The summed E-state index contributed by atoms with van der Waals surface area (Å²) in [6.45, 7) is 5.17. The van der Waals surface area contributed by atoms with E-state index in [2.05, 4.69) is 17.5 Å². The number of nitrogens with one attached hydrogen (secondary N) is 1. The summed E-state index contributed by atoms with van der Waals surface area (Å²) in [6, 6.07) is 18.5.